The van der Waals surface area contributed by atoms with Crippen molar-refractivity contribution >= 4 is 22.7 Å². The van der Waals surface area contributed by atoms with Crippen molar-refractivity contribution in [2.45, 2.75) is 32.1 Å². The van der Waals surface area contributed by atoms with Gasteiger partial charge >= 0.3 is 0 Å². The molecule has 1 aliphatic heterocycles. The van der Waals surface area contributed by atoms with Crippen LogP contribution in [0.1, 0.15) is 49.1 Å². The first kappa shape index (κ1) is 37.4. The molecule has 0 saturated heterocycles. The maximum atomic E-state index is 6.63. The van der Waals surface area contributed by atoms with Crippen LogP contribution in [0, 0.1) is 18.8 Å². The minimum Gasteiger partial charge on any atom is -0.509 e. The molecule has 0 fully saturated rings. The maximum absolute atomic E-state index is 6.63. The molecule has 0 bridgehead atoms. The van der Waals surface area contributed by atoms with Crippen molar-refractivity contribution in [3.63, 3.8) is 0 Å². The van der Waals surface area contributed by atoms with Crippen LogP contribution in [0.4, 0.5) is 22.7 Å². The van der Waals surface area contributed by atoms with E-state index in [1.54, 1.807) is 0 Å². The quantitative estimate of drug-likeness (QED) is 0.149. The zero-order valence-corrected chi connectivity index (χ0v) is 34.7. The van der Waals surface area contributed by atoms with Crippen LogP contribution in [0.3, 0.4) is 0 Å². The van der Waals surface area contributed by atoms with Gasteiger partial charge in [-0.3, -0.25) is 4.98 Å². The number of anilines is 4. The average molecular weight is 930 g/mol. The Hall–Kier alpha value is -6.22. The number of para-hydroxylation sites is 3. The number of pyridine rings is 1. The van der Waals surface area contributed by atoms with E-state index >= 15 is 0 Å². The van der Waals surface area contributed by atoms with Crippen LogP contribution in [0.2, 0.25) is 0 Å². The van der Waals surface area contributed by atoms with Gasteiger partial charge in [0.2, 0.25) is 0 Å². The van der Waals surface area contributed by atoms with Crippen molar-refractivity contribution in [2.75, 3.05) is 9.80 Å². The molecule has 0 saturated carbocycles. The number of nitrogens with zero attached hydrogens (tertiary/aromatic N) is 3. The molecule has 2 aliphatic rings. The van der Waals surface area contributed by atoms with E-state index < -0.39 is 0 Å². The molecule has 0 N–H and O–H groups in total. The summed E-state index contributed by atoms with van der Waals surface area (Å²) in [6, 6.07) is 66.9. The van der Waals surface area contributed by atoms with Crippen molar-refractivity contribution < 1.29 is 25.8 Å². The van der Waals surface area contributed by atoms with Crippen LogP contribution < -0.4 is 14.5 Å². The van der Waals surface area contributed by atoms with E-state index in [0.29, 0.717) is 11.5 Å². The van der Waals surface area contributed by atoms with Gasteiger partial charge in [-0.2, -0.15) is 12.1 Å². The molecule has 1 atom stereocenters. The molecular formula is C53H40N3OPt-3. The second-order valence-corrected chi connectivity index (χ2v) is 15.7. The maximum Gasteiger partial charge on any atom is 0.0504 e. The Morgan fingerprint density at radius 1 is 0.569 bits per heavy atom. The summed E-state index contributed by atoms with van der Waals surface area (Å²) >= 11 is 0. The minimum atomic E-state index is -0.0430. The number of ether oxygens (including phenoxy) is 1. The Labute approximate surface area is 355 Å². The SMILES string of the molecule is CC(C)(C)c1ccnc(C2c3[c-]c(Oc4[c-]c(N5[CH-]N(c6c(-c7ccccc7)cccc6-c6ccccc6)c6ccccc65)ccc4)ccc3-c3ccccc32)c1.[Pt]. The van der Waals surface area contributed by atoms with Crippen LogP contribution >= 0.6 is 0 Å². The molecule has 0 spiro atoms. The Morgan fingerprint density at radius 2 is 1.17 bits per heavy atom. The summed E-state index contributed by atoms with van der Waals surface area (Å²) in [6.07, 6.45) is 1.94. The second-order valence-electron chi connectivity index (χ2n) is 15.7. The number of hydrogen-bond acceptors (Lipinski definition) is 4. The standard InChI is InChI=1S/C53H40N3O.Pt/c1-53(2,3)38-30-31-54-48(32-38)51-46-23-11-10-22-44(46)45-29-28-41(34-47(45)51)57-40-21-14-20-39(33-40)55-35-56(50-27-13-12-26-49(50)55)52-42(36-16-6-4-7-17-36)24-15-25-43(52)37-18-8-5-9-19-37;/h4-32,35,51H,1-3H3;/q-3;. The van der Waals surface area contributed by atoms with Crippen LogP contribution in [-0.4, -0.2) is 4.98 Å². The van der Waals surface area contributed by atoms with Gasteiger partial charge in [0.15, 0.2) is 0 Å². The third kappa shape index (κ3) is 6.72. The first-order valence-corrected chi connectivity index (χ1v) is 19.5. The van der Waals surface area contributed by atoms with E-state index in [4.69, 9.17) is 9.72 Å². The van der Waals surface area contributed by atoms with E-state index in [2.05, 4.69) is 201 Å². The summed E-state index contributed by atoms with van der Waals surface area (Å²) in [7, 11) is 0. The topological polar surface area (TPSA) is 28.6 Å². The summed E-state index contributed by atoms with van der Waals surface area (Å²) in [4.78, 5) is 9.43. The number of rotatable bonds is 7. The molecule has 5 heteroatoms. The molecule has 10 rings (SSSR count). The molecule has 4 nitrogen and oxygen atoms in total. The third-order valence-electron chi connectivity index (χ3n) is 11.1. The van der Waals surface area contributed by atoms with Gasteiger partial charge in [-0.15, -0.1) is 53.8 Å². The Kier molecular flexibility index (Phi) is 9.84. The van der Waals surface area contributed by atoms with E-state index in [-0.39, 0.29) is 32.4 Å². The Bertz CT molecular complexity index is 2700. The molecule has 1 unspecified atom stereocenters. The first-order chi connectivity index (χ1) is 27.9. The first-order valence-electron chi connectivity index (χ1n) is 19.5. The van der Waals surface area contributed by atoms with E-state index in [1.165, 1.54) is 16.7 Å². The van der Waals surface area contributed by atoms with E-state index in [1.807, 2.05) is 24.4 Å². The molecule has 58 heavy (non-hydrogen) atoms. The number of hydrogen-bond donors (Lipinski definition) is 0. The minimum absolute atomic E-state index is 0. The number of aromatic nitrogens is 1. The summed E-state index contributed by atoms with van der Waals surface area (Å²) in [5.74, 6) is 1.21. The average Bonchev–Trinajstić information content (AvgIpc) is 3.80. The molecule has 286 valence electrons. The van der Waals surface area contributed by atoms with Crippen LogP contribution in [0.25, 0.3) is 33.4 Å². The summed E-state index contributed by atoms with van der Waals surface area (Å²) in [6.45, 7) is 8.91. The van der Waals surface area contributed by atoms with Crippen molar-refractivity contribution in [1.29, 1.82) is 0 Å². The van der Waals surface area contributed by atoms with Gasteiger partial charge in [-0.05, 0) is 51.9 Å². The largest absolute Gasteiger partial charge is 0.509 e. The van der Waals surface area contributed by atoms with Crippen molar-refractivity contribution in [3.05, 3.63) is 217 Å². The fourth-order valence-electron chi connectivity index (χ4n) is 8.28. The zero-order chi connectivity index (χ0) is 38.5. The third-order valence-corrected chi connectivity index (χ3v) is 11.1. The van der Waals surface area contributed by atoms with Crippen molar-refractivity contribution in [3.8, 4) is 44.9 Å². The molecule has 0 radical (unpaired) electrons. The van der Waals surface area contributed by atoms with Gasteiger partial charge < -0.3 is 14.5 Å². The molecule has 2 heterocycles. The summed E-state index contributed by atoms with van der Waals surface area (Å²) in [5, 5.41) is 0. The Morgan fingerprint density at radius 3 is 1.88 bits per heavy atom. The number of fused-ring (bicyclic) bond motifs is 4. The molecule has 0 amide bonds. The second kappa shape index (κ2) is 15.3. The van der Waals surface area contributed by atoms with Crippen LogP contribution in [-0.2, 0) is 26.5 Å². The van der Waals surface area contributed by atoms with Crippen LogP contribution in [0.5, 0.6) is 11.5 Å². The fraction of sp³-hybridized carbons (Fsp3) is 0.0943. The van der Waals surface area contributed by atoms with Gasteiger partial charge in [0, 0.05) is 72.9 Å². The van der Waals surface area contributed by atoms with Gasteiger partial charge in [0.05, 0.1) is 5.69 Å². The van der Waals surface area contributed by atoms with Gasteiger partial charge in [-0.1, -0.05) is 142 Å². The molecule has 1 aromatic heterocycles. The van der Waals surface area contributed by atoms with Crippen LogP contribution in [0.15, 0.2) is 176 Å². The van der Waals surface area contributed by atoms with E-state index in [9.17, 15) is 0 Å². The molecular weight excluding hydrogens is 890 g/mol. The van der Waals surface area contributed by atoms with Crippen molar-refractivity contribution in [2.24, 2.45) is 0 Å². The Balaban J connectivity index is 0.00000436. The van der Waals surface area contributed by atoms with Gasteiger partial charge in [-0.25, -0.2) is 0 Å². The molecule has 7 aromatic carbocycles. The van der Waals surface area contributed by atoms with Crippen molar-refractivity contribution in [1.82, 2.24) is 4.98 Å². The van der Waals surface area contributed by atoms with E-state index in [0.717, 1.165) is 61.8 Å². The predicted octanol–water partition coefficient (Wildman–Crippen LogP) is 13.7. The molecule has 1 aliphatic carbocycles. The summed E-state index contributed by atoms with van der Waals surface area (Å²) in [5.41, 5.74) is 15.7. The predicted molar refractivity (Wildman–Crippen MR) is 232 cm³/mol. The fourth-order valence-corrected chi connectivity index (χ4v) is 8.28. The normalized spacial score (nSPS) is 14.0. The zero-order valence-electron chi connectivity index (χ0n) is 32.5. The van der Waals surface area contributed by atoms with Gasteiger partial charge in [0.25, 0.3) is 0 Å². The van der Waals surface area contributed by atoms with Gasteiger partial charge in [0.1, 0.15) is 0 Å². The summed E-state index contributed by atoms with van der Waals surface area (Å²) < 4.78 is 6.63. The monoisotopic (exact) mass is 929 g/mol. The molecule has 8 aromatic rings. The number of benzene rings is 7. The smallest absolute Gasteiger partial charge is 0.0504 e.